The van der Waals surface area contributed by atoms with E-state index >= 15 is 4.79 Å². The van der Waals surface area contributed by atoms with E-state index in [0.29, 0.717) is 23.9 Å². The van der Waals surface area contributed by atoms with Crippen molar-refractivity contribution in [3.63, 3.8) is 0 Å². The number of benzene rings is 2. The molecule has 3 aromatic rings. The summed E-state index contributed by atoms with van der Waals surface area (Å²) in [4.78, 5) is 62.7. The highest BCUT2D eigenvalue weighted by Gasteiger charge is 2.74. The number of rotatable bonds is 7. The van der Waals surface area contributed by atoms with Gasteiger partial charge in [-0.1, -0.05) is 92.3 Å². The van der Waals surface area contributed by atoms with Crippen LogP contribution in [0.5, 0.6) is 0 Å². The number of amides is 3. The van der Waals surface area contributed by atoms with E-state index in [1.54, 1.807) is 33.7 Å². The molecule has 5 bridgehead atoms. The molecule has 0 radical (unpaired) electrons. The summed E-state index contributed by atoms with van der Waals surface area (Å²) < 4.78 is 14.6. The van der Waals surface area contributed by atoms with E-state index in [1.807, 2.05) is 87.5 Å². The van der Waals surface area contributed by atoms with E-state index in [9.17, 15) is 19.5 Å². The predicted molar refractivity (Wildman–Crippen MR) is 190 cm³/mol. The number of esters is 1. The van der Waals surface area contributed by atoms with Gasteiger partial charge in [-0.05, 0) is 37.0 Å². The van der Waals surface area contributed by atoms with Crippen molar-refractivity contribution in [3.05, 3.63) is 84.5 Å². The van der Waals surface area contributed by atoms with Crippen LogP contribution in [0.25, 0.3) is 11.0 Å². The largest absolute Gasteiger partial charge is 0.455 e. The molecule has 1 N–H and O–H groups in total. The fraction of sp³-hybridized carbons (Fsp3) is 0.487. The van der Waals surface area contributed by atoms with Crippen LogP contribution in [0, 0.1) is 17.8 Å². The zero-order chi connectivity index (χ0) is 36.7. The molecule has 7 rings (SSSR count). The van der Waals surface area contributed by atoms with Gasteiger partial charge in [-0.25, -0.2) is 4.68 Å². The van der Waals surface area contributed by atoms with Gasteiger partial charge in [0.25, 0.3) is 5.91 Å². The van der Waals surface area contributed by atoms with Crippen LogP contribution < -0.4 is 0 Å². The van der Waals surface area contributed by atoms with Crippen LogP contribution in [0.1, 0.15) is 51.7 Å². The van der Waals surface area contributed by atoms with Gasteiger partial charge < -0.3 is 29.3 Å². The average Bonchev–Trinajstić information content (AvgIpc) is 3.92. The number of ether oxygens (including phenoxy) is 2. The number of likely N-dealkylation sites (tertiary alicyclic amines) is 1. The molecule has 4 aliphatic heterocycles. The lowest BCUT2D eigenvalue weighted by atomic mass is 9.74. The molecule has 2 aromatic carbocycles. The number of fused-ring (bicyclic) bond motifs is 3. The first-order valence-electron chi connectivity index (χ1n) is 18.1. The molecule has 2 fully saturated rings. The Balaban J connectivity index is 1.34. The summed E-state index contributed by atoms with van der Waals surface area (Å²) in [7, 11) is 1.70. The summed E-state index contributed by atoms with van der Waals surface area (Å²) >= 11 is 0. The maximum Gasteiger partial charge on any atom is 0.313 e. The average molecular weight is 711 g/mol. The van der Waals surface area contributed by atoms with Gasteiger partial charge in [-0.3, -0.25) is 19.2 Å². The number of aromatic nitrogens is 3. The van der Waals surface area contributed by atoms with Crippen molar-refractivity contribution in [2.24, 2.45) is 17.8 Å². The van der Waals surface area contributed by atoms with Gasteiger partial charge in [-0.15, -0.1) is 5.10 Å². The number of nitrogens with zero attached hydrogens (tertiary/aromatic N) is 6. The molecular formula is C39H46N6O7. The van der Waals surface area contributed by atoms with E-state index in [4.69, 9.17) is 9.47 Å². The zero-order valence-electron chi connectivity index (χ0n) is 29.9. The molecule has 3 amide bonds. The minimum atomic E-state index is -1.48. The number of aliphatic hydroxyl groups is 1. The first kappa shape index (κ1) is 35.5. The lowest BCUT2D eigenvalue weighted by Crippen LogP contribution is -2.59. The number of hydrogen-bond acceptors (Lipinski definition) is 9. The van der Waals surface area contributed by atoms with Crippen LogP contribution in [-0.4, -0.2) is 109 Å². The third kappa shape index (κ3) is 5.89. The smallest absolute Gasteiger partial charge is 0.313 e. The standard InChI is InChI=1S/C39H46N6O7/c1-5-24(2)29(22-46)45-35-37(49)43(23-44-28-17-12-11-16-27(28)40-41-44)21-13-7-10-18-31(47)42(4)25(3)34(26-14-8-6-9-15-26)51-38(50)32-30-19-20-39(35,52-30)33(32)36(45)48/h6-9,11-17,19-20,24-25,29-30,32-35,46H,5,10,18,21-23H2,1-4H3/b13-7-/t24-,25-,29-,30+,32-,33-,34+,35+,39-/m0/s1. The van der Waals surface area contributed by atoms with Gasteiger partial charge >= 0.3 is 5.97 Å². The highest BCUT2D eigenvalue weighted by atomic mass is 16.6. The predicted octanol–water partition coefficient (Wildman–Crippen LogP) is 3.26. The summed E-state index contributed by atoms with van der Waals surface area (Å²) in [5.74, 6) is -3.94. The molecule has 13 nitrogen and oxygen atoms in total. The Morgan fingerprint density at radius 1 is 1.02 bits per heavy atom. The molecule has 13 heteroatoms. The summed E-state index contributed by atoms with van der Waals surface area (Å²) in [5.41, 5.74) is 0.611. The van der Waals surface area contributed by atoms with Crippen LogP contribution >= 0.6 is 0 Å². The number of hydrogen-bond donors (Lipinski definition) is 1. The highest BCUT2D eigenvalue weighted by molar-refractivity contribution is 5.99. The third-order valence-corrected chi connectivity index (χ3v) is 11.5. The van der Waals surface area contributed by atoms with Crippen LogP contribution in [0.2, 0.25) is 0 Å². The highest BCUT2D eigenvalue weighted by Crippen LogP contribution is 2.56. The van der Waals surface area contributed by atoms with E-state index in [-0.39, 0.29) is 38.1 Å². The lowest BCUT2D eigenvalue weighted by Gasteiger charge is -2.40. The lowest BCUT2D eigenvalue weighted by molar-refractivity contribution is -0.164. The normalized spacial score (nSPS) is 31.3. The van der Waals surface area contributed by atoms with E-state index in [1.165, 1.54) is 4.90 Å². The molecule has 9 atom stereocenters. The number of cyclic esters (lactones) is 1. The first-order chi connectivity index (χ1) is 25.1. The van der Waals surface area contributed by atoms with Crippen molar-refractivity contribution in [2.75, 3.05) is 20.2 Å². The molecule has 2 saturated heterocycles. The summed E-state index contributed by atoms with van der Waals surface area (Å²) in [5, 5.41) is 19.4. The van der Waals surface area contributed by atoms with E-state index in [2.05, 4.69) is 10.3 Å². The van der Waals surface area contributed by atoms with Gasteiger partial charge in [0.1, 0.15) is 35.9 Å². The fourth-order valence-electron chi connectivity index (χ4n) is 8.33. The second-order valence-corrected chi connectivity index (χ2v) is 14.4. The Bertz CT molecular complexity index is 1900. The van der Waals surface area contributed by atoms with Gasteiger partial charge in [-0.2, -0.15) is 0 Å². The molecule has 274 valence electrons. The van der Waals surface area contributed by atoms with E-state index < -0.39 is 65.6 Å². The Kier molecular flexibility index (Phi) is 9.75. The van der Waals surface area contributed by atoms with Crippen molar-refractivity contribution >= 4 is 34.7 Å². The summed E-state index contributed by atoms with van der Waals surface area (Å²) in [6.45, 7) is 5.51. The minimum Gasteiger partial charge on any atom is -0.455 e. The zero-order valence-corrected chi connectivity index (χ0v) is 29.9. The second kappa shape index (κ2) is 14.3. The quantitative estimate of drug-likeness (QED) is 0.288. The van der Waals surface area contributed by atoms with Gasteiger partial charge in [0.05, 0.1) is 36.2 Å². The Hall–Kier alpha value is -4.88. The number of likely N-dealkylation sites (N-methyl/N-ethyl adjacent to an activating group) is 1. The molecule has 1 aromatic heterocycles. The van der Waals surface area contributed by atoms with Gasteiger partial charge in [0.2, 0.25) is 11.8 Å². The monoisotopic (exact) mass is 710 g/mol. The van der Waals surface area contributed by atoms with Gasteiger partial charge in [0.15, 0.2) is 0 Å². The van der Waals surface area contributed by atoms with Crippen molar-refractivity contribution in [1.29, 1.82) is 0 Å². The maximum atomic E-state index is 15.2. The number of allylic oxidation sites excluding steroid dienone is 1. The molecule has 4 aliphatic rings. The maximum absolute atomic E-state index is 15.2. The second-order valence-electron chi connectivity index (χ2n) is 14.4. The number of para-hydroxylation sites is 1. The SMILES string of the molecule is CC[C@H](C)[C@H](CO)N1C(=O)[C@@H]2[C@H]3C(=O)O[C@@H](c4ccccc4)[C@H](C)N(C)C(=O)CC/C=C\CN(Cn4nnc5ccccc54)C(=O)[C@@H]1[C@]21C=C[C@H]3O1. The molecule has 52 heavy (non-hydrogen) atoms. The molecule has 5 heterocycles. The van der Waals surface area contributed by atoms with Crippen molar-refractivity contribution < 1.29 is 33.8 Å². The Morgan fingerprint density at radius 2 is 1.77 bits per heavy atom. The van der Waals surface area contributed by atoms with Crippen molar-refractivity contribution in [3.8, 4) is 0 Å². The van der Waals surface area contributed by atoms with Crippen LogP contribution in [0.4, 0.5) is 0 Å². The van der Waals surface area contributed by atoms with Gasteiger partial charge in [0, 0.05) is 20.0 Å². The Morgan fingerprint density at radius 3 is 2.52 bits per heavy atom. The van der Waals surface area contributed by atoms with Crippen LogP contribution in [0.15, 0.2) is 78.9 Å². The minimum absolute atomic E-state index is 0.00659. The molecule has 1 spiro atoms. The van der Waals surface area contributed by atoms with E-state index in [0.717, 1.165) is 5.52 Å². The Labute approximate surface area is 302 Å². The molecular weight excluding hydrogens is 664 g/mol. The summed E-state index contributed by atoms with van der Waals surface area (Å²) in [6.07, 6.45) is 6.82. The molecule has 0 aliphatic carbocycles. The number of carbonyl (C=O) groups is 4. The van der Waals surface area contributed by atoms with Crippen molar-refractivity contribution in [1.82, 2.24) is 29.7 Å². The third-order valence-electron chi connectivity index (χ3n) is 11.5. The number of aliphatic hydroxyl groups excluding tert-OH is 1. The first-order valence-corrected chi connectivity index (χ1v) is 18.1. The van der Waals surface area contributed by atoms with Crippen molar-refractivity contribution in [2.45, 2.75) is 82.6 Å². The topological polar surface area (TPSA) is 147 Å². The van der Waals surface area contributed by atoms with Crippen LogP contribution in [-0.2, 0) is 35.3 Å². The van der Waals surface area contributed by atoms with Crippen LogP contribution in [0.3, 0.4) is 0 Å². The fourth-order valence-corrected chi connectivity index (χ4v) is 8.33. The number of carbonyl (C=O) groups excluding carboxylic acids is 4. The molecule has 0 unspecified atom stereocenters. The molecule has 0 saturated carbocycles. The summed E-state index contributed by atoms with van der Waals surface area (Å²) in [6, 6.07) is 14.2.